The van der Waals surface area contributed by atoms with Crippen LogP contribution in [0.3, 0.4) is 0 Å². The van der Waals surface area contributed by atoms with Crippen molar-refractivity contribution in [2.45, 2.75) is 51.1 Å². The van der Waals surface area contributed by atoms with E-state index in [-0.39, 0.29) is 11.6 Å². The van der Waals surface area contributed by atoms with Gasteiger partial charge in [0, 0.05) is 25.3 Å². The lowest BCUT2D eigenvalue weighted by Gasteiger charge is -2.43. The number of aliphatic imine (C=N–C) groups is 1. The molecule has 0 aromatic heterocycles. The van der Waals surface area contributed by atoms with E-state index in [4.69, 9.17) is 9.73 Å². The van der Waals surface area contributed by atoms with Crippen LogP contribution in [0.4, 0.5) is 0 Å². The Labute approximate surface area is 158 Å². The van der Waals surface area contributed by atoms with E-state index < -0.39 is 0 Å². The molecule has 0 saturated carbocycles. The van der Waals surface area contributed by atoms with Crippen molar-refractivity contribution in [3.63, 3.8) is 0 Å². The first-order valence-corrected chi connectivity index (χ1v) is 10.2. The molecule has 0 amide bonds. The number of hydrogen-bond acceptors (Lipinski definition) is 3. The van der Waals surface area contributed by atoms with Crippen LogP contribution in [0.15, 0.2) is 35.3 Å². The highest BCUT2D eigenvalue weighted by molar-refractivity contribution is 5.80. The third-order valence-electron chi connectivity index (χ3n) is 5.73. The average molecular weight is 359 g/mol. The summed E-state index contributed by atoms with van der Waals surface area (Å²) in [5, 5.41) is 6.99. The lowest BCUT2D eigenvalue weighted by atomic mass is 9.88. The van der Waals surface area contributed by atoms with Gasteiger partial charge in [-0.2, -0.15) is 0 Å². The predicted molar refractivity (Wildman–Crippen MR) is 108 cm³/mol. The van der Waals surface area contributed by atoms with E-state index in [0.29, 0.717) is 0 Å². The first-order chi connectivity index (χ1) is 12.7. The SMILES string of the molecule is CCNC(=NCC1(N2CCCC2)CCOCC1)NC(C)c1ccccc1. The molecule has 2 aliphatic rings. The van der Waals surface area contributed by atoms with Crippen molar-refractivity contribution in [2.24, 2.45) is 4.99 Å². The molecule has 26 heavy (non-hydrogen) atoms. The number of likely N-dealkylation sites (tertiary alicyclic amines) is 1. The van der Waals surface area contributed by atoms with Gasteiger partial charge in [0.15, 0.2) is 5.96 Å². The maximum absolute atomic E-state index is 5.65. The van der Waals surface area contributed by atoms with Gasteiger partial charge in [0.25, 0.3) is 0 Å². The number of benzene rings is 1. The highest BCUT2D eigenvalue weighted by atomic mass is 16.5. The molecule has 1 unspecified atom stereocenters. The van der Waals surface area contributed by atoms with Crippen molar-refractivity contribution >= 4 is 5.96 Å². The average Bonchev–Trinajstić information content (AvgIpc) is 3.23. The van der Waals surface area contributed by atoms with E-state index in [9.17, 15) is 0 Å². The van der Waals surface area contributed by atoms with Gasteiger partial charge in [0.05, 0.1) is 12.6 Å². The normalized spacial score (nSPS) is 22.2. The second-order valence-corrected chi connectivity index (χ2v) is 7.50. The standard InChI is InChI=1S/C21H34N4O/c1-3-22-20(24-18(2)19-9-5-4-6-10-19)23-17-21(11-15-26-16-12-21)25-13-7-8-14-25/h4-6,9-10,18H,3,7-8,11-17H2,1-2H3,(H2,22,23,24). The zero-order valence-electron chi connectivity index (χ0n) is 16.3. The minimum absolute atomic E-state index is 0.174. The van der Waals surface area contributed by atoms with Crippen LogP contribution >= 0.6 is 0 Å². The fraction of sp³-hybridized carbons (Fsp3) is 0.667. The van der Waals surface area contributed by atoms with Crippen LogP contribution in [0.1, 0.15) is 51.1 Å². The molecule has 1 atom stereocenters. The number of hydrogen-bond donors (Lipinski definition) is 2. The van der Waals surface area contributed by atoms with Gasteiger partial charge in [-0.05, 0) is 58.2 Å². The molecular weight excluding hydrogens is 324 g/mol. The van der Waals surface area contributed by atoms with Crippen molar-refractivity contribution in [2.75, 3.05) is 39.4 Å². The van der Waals surface area contributed by atoms with Gasteiger partial charge in [-0.25, -0.2) is 0 Å². The Kier molecular flexibility index (Phi) is 6.92. The van der Waals surface area contributed by atoms with Crippen LogP contribution < -0.4 is 10.6 Å². The van der Waals surface area contributed by atoms with Gasteiger partial charge in [-0.15, -0.1) is 0 Å². The highest BCUT2D eigenvalue weighted by Gasteiger charge is 2.39. The number of nitrogens with one attached hydrogen (secondary N) is 2. The molecule has 2 fully saturated rings. The lowest BCUT2D eigenvalue weighted by molar-refractivity contribution is -0.0139. The van der Waals surface area contributed by atoms with Gasteiger partial charge < -0.3 is 15.4 Å². The Morgan fingerprint density at radius 3 is 2.54 bits per heavy atom. The van der Waals surface area contributed by atoms with Gasteiger partial charge in [-0.1, -0.05) is 30.3 Å². The summed E-state index contributed by atoms with van der Waals surface area (Å²) in [6, 6.07) is 10.8. The summed E-state index contributed by atoms with van der Waals surface area (Å²) in [5.41, 5.74) is 1.45. The number of ether oxygens (including phenoxy) is 1. The molecule has 0 bridgehead atoms. The molecular formula is C21H34N4O. The molecule has 2 saturated heterocycles. The maximum Gasteiger partial charge on any atom is 0.191 e. The fourth-order valence-corrected chi connectivity index (χ4v) is 4.09. The van der Waals surface area contributed by atoms with Crippen LogP contribution in [0, 0.1) is 0 Å². The Morgan fingerprint density at radius 2 is 1.88 bits per heavy atom. The molecule has 1 aromatic carbocycles. The lowest BCUT2D eigenvalue weighted by Crippen LogP contribution is -2.54. The third kappa shape index (κ3) is 4.77. The van der Waals surface area contributed by atoms with Crippen molar-refractivity contribution in [3.05, 3.63) is 35.9 Å². The summed E-state index contributed by atoms with van der Waals surface area (Å²) in [4.78, 5) is 7.69. The Bertz CT molecular complexity index is 563. The van der Waals surface area contributed by atoms with Crippen LogP contribution in [0.5, 0.6) is 0 Å². The summed E-state index contributed by atoms with van der Waals surface area (Å²) in [5.74, 6) is 0.911. The van der Waals surface area contributed by atoms with E-state index in [1.54, 1.807) is 0 Å². The largest absolute Gasteiger partial charge is 0.381 e. The number of rotatable bonds is 6. The minimum Gasteiger partial charge on any atom is -0.381 e. The Balaban J connectivity index is 1.70. The van der Waals surface area contributed by atoms with Gasteiger partial charge in [0.2, 0.25) is 0 Å². The second-order valence-electron chi connectivity index (χ2n) is 7.50. The highest BCUT2D eigenvalue weighted by Crippen LogP contribution is 2.31. The predicted octanol–water partition coefficient (Wildman–Crippen LogP) is 2.95. The first-order valence-electron chi connectivity index (χ1n) is 10.2. The Hall–Kier alpha value is -1.59. The van der Waals surface area contributed by atoms with Gasteiger partial charge in [-0.3, -0.25) is 9.89 Å². The summed E-state index contributed by atoms with van der Waals surface area (Å²) in [6.45, 7) is 10.1. The molecule has 2 aliphatic heterocycles. The van der Waals surface area contributed by atoms with Crippen molar-refractivity contribution in [1.82, 2.24) is 15.5 Å². The maximum atomic E-state index is 5.65. The smallest absolute Gasteiger partial charge is 0.191 e. The van der Waals surface area contributed by atoms with E-state index in [2.05, 4.69) is 59.7 Å². The molecule has 2 heterocycles. The summed E-state index contributed by atoms with van der Waals surface area (Å²) >= 11 is 0. The summed E-state index contributed by atoms with van der Waals surface area (Å²) in [7, 11) is 0. The second kappa shape index (κ2) is 9.38. The monoisotopic (exact) mass is 358 g/mol. The first kappa shape index (κ1) is 19.2. The molecule has 3 rings (SSSR count). The molecule has 1 aromatic rings. The van der Waals surface area contributed by atoms with Crippen molar-refractivity contribution < 1.29 is 4.74 Å². The summed E-state index contributed by atoms with van der Waals surface area (Å²) in [6.07, 6.45) is 4.81. The van der Waals surface area contributed by atoms with Crippen molar-refractivity contribution in [1.29, 1.82) is 0 Å². The van der Waals surface area contributed by atoms with E-state index in [0.717, 1.165) is 45.1 Å². The quantitative estimate of drug-likeness (QED) is 0.606. The molecule has 0 aliphatic carbocycles. The van der Waals surface area contributed by atoms with E-state index >= 15 is 0 Å². The van der Waals surface area contributed by atoms with Crippen molar-refractivity contribution in [3.8, 4) is 0 Å². The number of guanidine groups is 1. The van der Waals surface area contributed by atoms with Gasteiger partial charge >= 0.3 is 0 Å². The molecule has 5 heteroatoms. The van der Waals surface area contributed by atoms with Gasteiger partial charge in [0.1, 0.15) is 0 Å². The van der Waals surface area contributed by atoms with E-state index in [1.807, 2.05) is 0 Å². The molecule has 144 valence electrons. The van der Waals surface area contributed by atoms with Crippen LogP contribution in [-0.4, -0.2) is 55.8 Å². The molecule has 0 spiro atoms. The molecule has 0 radical (unpaired) electrons. The number of nitrogens with zero attached hydrogens (tertiary/aromatic N) is 2. The van der Waals surface area contributed by atoms with Crippen LogP contribution in [-0.2, 0) is 4.74 Å². The molecule has 5 nitrogen and oxygen atoms in total. The molecule has 2 N–H and O–H groups in total. The fourth-order valence-electron chi connectivity index (χ4n) is 4.09. The van der Waals surface area contributed by atoms with E-state index in [1.165, 1.54) is 31.5 Å². The zero-order chi connectivity index (χ0) is 18.2. The van der Waals surface area contributed by atoms with Crippen LogP contribution in [0.2, 0.25) is 0 Å². The Morgan fingerprint density at radius 1 is 1.19 bits per heavy atom. The minimum atomic E-state index is 0.174. The topological polar surface area (TPSA) is 48.9 Å². The van der Waals surface area contributed by atoms with Crippen LogP contribution in [0.25, 0.3) is 0 Å². The third-order valence-corrected chi connectivity index (χ3v) is 5.73. The zero-order valence-corrected chi connectivity index (χ0v) is 16.3. The summed E-state index contributed by atoms with van der Waals surface area (Å²) < 4.78 is 5.65.